The lowest BCUT2D eigenvalue weighted by Crippen LogP contribution is -2.36. The minimum Gasteiger partial charge on any atom is -0.384 e. The van der Waals surface area contributed by atoms with Gasteiger partial charge in [0.2, 0.25) is 0 Å². The van der Waals surface area contributed by atoms with E-state index in [0.29, 0.717) is 6.61 Å². The van der Waals surface area contributed by atoms with E-state index in [9.17, 15) is 0 Å². The Hall–Kier alpha value is -2.51. The molecule has 7 heteroatoms. The molecule has 7 nitrogen and oxygen atoms in total. The smallest absolute Gasteiger partial charge is 0.178 e. The molecule has 3 aromatic heterocycles. The van der Waals surface area contributed by atoms with Crippen molar-refractivity contribution in [3.63, 3.8) is 0 Å². The van der Waals surface area contributed by atoms with Crippen molar-refractivity contribution in [2.45, 2.75) is 34.1 Å². The summed E-state index contributed by atoms with van der Waals surface area (Å²) < 4.78 is 12.6. The average Bonchev–Trinajstić information content (AvgIpc) is 3.09. The van der Waals surface area contributed by atoms with Crippen LogP contribution in [-0.4, -0.2) is 59.6 Å². The summed E-state index contributed by atoms with van der Waals surface area (Å²) in [4.78, 5) is 11.8. The van der Waals surface area contributed by atoms with Crippen molar-refractivity contribution in [1.29, 1.82) is 0 Å². The standard InChI is InChI=1S/C20H25N5O2.C2H6/c1-14-12-18(24-7-10-27-11-8-24)20-22-15(2)19(25(20)23-14)16-4-5-17(21-13-16)6-9-26-3;1-2/h4-5,12-13H,6-11H2,1-3H3;1-2H3. The second kappa shape index (κ2) is 9.80. The number of rotatable bonds is 5. The molecule has 1 fully saturated rings. The summed E-state index contributed by atoms with van der Waals surface area (Å²) >= 11 is 0. The van der Waals surface area contributed by atoms with Gasteiger partial charge in [-0.05, 0) is 32.0 Å². The Morgan fingerprint density at radius 3 is 2.55 bits per heavy atom. The molecule has 0 spiro atoms. The van der Waals surface area contributed by atoms with Gasteiger partial charge in [0.1, 0.15) is 0 Å². The molecule has 0 amide bonds. The molecule has 29 heavy (non-hydrogen) atoms. The number of aromatic nitrogens is 4. The zero-order valence-electron chi connectivity index (χ0n) is 18.1. The SMILES string of the molecule is CC.COCCc1ccc(-c2c(C)nc3c(N4CCOCC4)cc(C)nn23)cn1. The number of hydrogen-bond donors (Lipinski definition) is 0. The second-order valence-electron chi connectivity index (χ2n) is 6.83. The van der Waals surface area contributed by atoms with Gasteiger partial charge in [0, 0.05) is 44.1 Å². The Morgan fingerprint density at radius 1 is 1.14 bits per heavy atom. The average molecular weight is 398 g/mol. The van der Waals surface area contributed by atoms with Crippen molar-refractivity contribution < 1.29 is 9.47 Å². The maximum absolute atomic E-state index is 5.50. The van der Waals surface area contributed by atoms with E-state index in [2.05, 4.69) is 22.0 Å². The van der Waals surface area contributed by atoms with Gasteiger partial charge in [-0.1, -0.05) is 13.8 Å². The quantitative estimate of drug-likeness (QED) is 0.657. The third kappa shape index (κ3) is 4.57. The van der Waals surface area contributed by atoms with Gasteiger partial charge < -0.3 is 14.4 Å². The van der Waals surface area contributed by atoms with Crippen LogP contribution in [0.1, 0.15) is 30.9 Å². The Morgan fingerprint density at radius 2 is 1.90 bits per heavy atom. The first kappa shape index (κ1) is 21.2. The summed E-state index contributed by atoms with van der Waals surface area (Å²) in [6.45, 7) is 12.0. The van der Waals surface area contributed by atoms with Crippen LogP contribution in [0.2, 0.25) is 0 Å². The van der Waals surface area contributed by atoms with Crippen molar-refractivity contribution in [3.05, 3.63) is 41.5 Å². The van der Waals surface area contributed by atoms with Crippen molar-refractivity contribution in [1.82, 2.24) is 19.6 Å². The van der Waals surface area contributed by atoms with Crippen molar-refractivity contribution in [3.8, 4) is 11.3 Å². The maximum Gasteiger partial charge on any atom is 0.178 e. The van der Waals surface area contributed by atoms with E-state index in [1.165, 1.54) is 0 Å². The Bertz CT molecular complexity index is 931. The van der Waals surface area contributed by atoms with E-state index in [1.54, 1.807) is 7.11 Å². The highest BCUT2D eigenvalue weighted by Crippen LogP contribution is 2.29. The van der Waals surface area contributed by atoms with Crippen LogP contribution in [-0.2, 0) is 15.9 Å². The maximum atomic E-state index is 5.50. The summed E-state index contributed by atoms with van der Waals surface area (Å²) in [5.41, 5.74) is 6.95. The first-order chi connectivity index (χ1) is 14.2. The molecule has 1 aliphatic rings. The van der Waals surface area contributed by atoms with Crippen LogP contribution < -0.4 is 4.90 Å². The fraction of sp³-hybridized carbons (Fsp3) is 0.500. The summed E-state index contributed by atoms with van der Waals surface area (Å²) in [6, 6.07) is 6.25. The molecule has 3 aromatic rings. The van der Waals surface area contributed by atoms with Crippen LogP contribution in [0.3, 0.4) is 0 Å². The minimum atomic E-state index is 0.671. The Labute approximate surface area is 172 Å². The van der Waals surface area contributed by atoms with Crippen molar-refractivity contribution >= 4 is 11.3 Å². The molecule has 1 aliphatic heterocycles. The predicted molar refractivity (Wildman–Crippen MR) is 116 cm³/mol. The van der Waals surface area contributed by atoms with Crippen LogP contribution in [0.25, 0.3) is 16.9 Å². The molecule has 0 bridgehead atoms. The van der Waals surface area contributed by atoms with Crippen LogP contribution >= 0.6 is 0 Å². The zero-order valence-corrected chi connectivity index (χ0v) is 18.1. The molecule has 156 valence electrons. The van der Waals surface area contributed by atoms with E-state index in [4.69, 9.17) is 19.6 Å². The number of aryl methyl sites for hydroxylation is 2. The molecular weight excluding hydrogens is 366 g/mol. The Balaban J connectivity index is 0.00000117. The summed E-state index contributed by atoms with van der Waals surface area (Å²) in [5.74, 6) is 0. The molecule has 0 saturated carbocycles. The number of imidazole rings is 1. The van der Waals surface area contributed by atoms with Gasteiger partial charge in [0.05, 0.1) is 42.6 Å². The topological polar surface area (TPSA) is 64.8 Å². The molecule has 0 radical (unpaired) electrons. The van der Waals surface area contributed by atoms with Crippen molar-refractivity contribution in [2.75, 3.05) is 44.9 Å². The number of hydrogen-bond acceptors (Lipinski definition) is 6. The number of pyridine rings is 1. The van der Waals surface area contributed by atoms with Gasteiger partial charge >= 0.3 is 0 Å². The van der Waals surface area contributed by atoms with Crippen LogP contribution in [0.15, 0.2) is 24.4 Å². The van der Waals surface area contributed by atoms with Crippen LogP contribution in [0, 0.1) is 13.8 Å². The lowest BCUT2D eigenvalue weighted by molar-refractivity contribution is 0.123. The third-order valence-corrected chi connectivity index (χ3v) is 4.87. The number of methoxy groups -OCH3 is 1. The summed E-state index contributed by atoms with van der Waals surface area (Å²) in [5, 5.41) is 4.75. The predicted octanol–water partition coefficient (Wildman–Crippen LogP) is 3.46. The lowest BCUT2D eigenvalue weighted by atomic mass is 10.1. The molecule has 1 saturated heterocycles. The number of fused-ring (bicyclic) bond motifs is 1. The molecule has 0 N–H and O–H groups in total. The van der Waals surface area contributed by atoms with E-state index in [0.717, 1.165) is 72.4 Å². The molecule has 0 atom stereocenters. The highest BCUT2D eigenvalue weighted by molar-refractivity contribution is 5.75. The van der Waals surface area contributed by atoms with Gasteiger partial charge in [0.25, 0.3) is 0 Å². The highest BCUT2D eigenvalue weighted by atomic mass is 16.5. The largest absolute Gasteiger partial charge is 0.384 e. The van der Waals surface area contributed by atoms with Gasteiger partial charge in [-0.3, -0.25) is 4.98 Å². The molecule has 0 aromatic carbocycles. The molecule has 0 unspecified atom stereocenters. The van der Waals surface area contributed by atoms with Gasteiger partial charge in [-0.2, -0.15) is 5.10 Å². The monoisotopic (exact) mass is 397 g/mol. The normalized spacial score (nSPS) is 14.0. The number of nitrogens with zero attached hydrogens (tertiary/aromatic N) is 5. The molecule has 4 heterocycles. The summed E-state index contributed by atoms with van der Waals surface area (Å²) in [7, 11) is 1.70. The lowest BCUT2D eigenvalue weighted by Gasteiger charge is -2.29. The molecule has 4 rings (SSSR count). The second-order valence-corrected chi connectivity index (χ2v) is 6.83. The first-order valence-corrected chi connectivity index (χ1v) is 10.3. The summed E-state index contributed by atoms with van der Waals surface area (Å²) in [6.07, 6.45) is 2.71. The van der Waals surface area contributed by atoms with Crippen LogP contribution in [0.4, 0.5) is 5.69 Å². The minimum absolute atomic E-state index is 0.671. The third-order valence-electron chi connectivity index (χ3n) is 4.87. The van der Waals surface area contributed by atoms with E-state index < -0.39 is 0 Å². The molecular formula is C22H31N5O2. The van der Waals surface area contributed by atoms with E-state index in [-0.39, 0.29) is 0 Å². The van der Waals surface area contributed by atoms with Crippen molar-refractivity contribution in [2.24, 2.45) is 0 Å². The molecule has 0 aliphatic carbocycles. The zero-order chi connectivity index (χ0) is 20.8. The number of ether oxygens (including phenoxy) is 2. The highest BCUT2D eigenvalue weighted by Gasteiger charge is 2.20. The van der Waals surface area contributed by atoms with E-state index >= 15 is 0 Å². The van der Waals surface area contributed by atoms with Gasteiger partial charge in [0.15, 0.2) is 5.65 Å². The van der Waals surface area contributed by atoms with Gasteiger partial charge in [-0.25, -0.2) is 9.50 Å². The fourth-order valence-corrected chi connectivity index (χ4v) is 3.52. The fourth-order valence-electron chi connectivity index (χ4n) is 3.52. The number of anilines is 1. The van der Waals surface area contributed by atoms with Crippen LogP contribution in [0.5, 0.6) is 0 Å². The van der Waals surface area contributed by atoms with Gasteiger partial charge in [-0.15, -0.1) is 0 Å². The first-order valence-electron chi connectivity index (χ1n) is 10.3. The van der Waals surface area contributed by atoms with E-state index in [1.807, 2.05) is 44.5 Å². The number of morpholine rings is 1. The Kier molecular flexibility index (Phi) is 7.17.